The van der Waals surface area contributed by atoms with Gasteiger partial charge in [0.15, 0.2) is 5.78 Å². The predicted molar refractivity (Wildman–Crippen MR) is 53.1 cm³/mol. The maximum Gasteiger partial charge on any atom is 0.304 e. The summed E-state index contributed by atoms with van der Waals surface area (Å²) in [7, 11) is 0. The largest absolute Gasteiger partial charge is 0.481 e. The molecule has 0 fully saturated rings. The lowest BCUT2D eigenvalue weighted by Crippen LogP contribution is -2.46. The van der Waals surface area contributed by atoms with Gasteiger partial charge in [-0.25, -0.2) is 0 Å². The van der Waals surface area contributed by atoms with Crippen molar-refractivity contribution in [1.82, 2.24) is 5.32 Å². The fourth-order valence-electron chi connectivity index (χ4n) is 0.995. The summed E-state index contributed by atoms with van der Waals surface area (Å²) in [5, 5.41) is 10.9. The van der Waals surface area contributed by atoms with Crippen LogP contribution in [0.2, 0.25) is 0 Å². The van der Waals surface area contributed by atoms with E-state index in [9.17, 15) is 14.4 Å². The molecule has 86 valence electrons. The molecule has 0 aliphatic heterocycles. The van der Waals surface area contributed by atoms with Crippen LogP contribution in [0.1, 0.15) is 20.3 Å². The van der Waals surface area contributed by atoms with Gasteiger partial charge < -0.3 is 16.2 Å². The van der Waals surface area contributed by atoms with Crippen LogP contribution >= 0.6 is 0 Å². The summed E-state index contributed by atoms with van der Waals surface area (Å²) in [5.41, 5.74) is 5.27. The Bertz CT molecular complexity index is 265. The van der Waals surface area contributed by atoms with Crippen LogP contribution in [0.15, 0.2) is 0 Å². The average molecular weight is 216 g/mol. The number of aliphatic carboxylic acids is 1. The Labute approximate surface area is 87.8 Å². The Morgan fingerprint density at radius 3 is 2.27 bits per heavy atom. The summed E-state index contributed by atoms with van der Waals surface area (Å²) in [6.07, 6.45) is -0.263. The van der Waals surface area contributed by atoms with E-state index in [-0.39, 0.29) is 18.7 Å². The standard InChI is InChI=1S/C9H16N2O4/c1-5(3-8(13)14)9(15)11-7(4-10)6(2)12/h5,7H,3-4,10H2,1-2H3,(H,11,15)(H,13,14)/t5-,7-/m1/s1. The minimum absolute atomic E-state index is 0.0147. The molecule has 0 saturated heterocycles. The molecule has 0 saturated carbocycles. The molecule has 0 aliphatic carbocycles. The Balaban J connectivity index is 4.21. The first-order valence-electron chi connectivity index (χ1n) is 4.61. The van der Waals surface area contributed by atoms with Crippen molar-refractivity contribution in [2.45, 2.75) is 26.3 Å². The first-order valence-corrected chi connectivity index (χ1v) is 4.61. The molecule has 0 unspecified atom stereocenters. The second-order valence-electron chi connectivity index (χ2n) is 3.41. The van der Waals surface area contributed by atoms with Gasteiger partial charge in [-0.15, -0.1) is 0 Å². The maximum absolute atomic E-state index is 11.4. The molecule has 0 aliphatic rings. The number of carbonyl (C=O) groups excluding carboxylic acids is 2. The predicted octanol–water partition coefficient (Wildman–Crippen LogP) is -0.870. The summed E-state index contributed by atoms with van der Waals surface area (Å²) in [6.45, 7) is 2.82. The highest BCUT2D eigenvalue weighted by atomic mass is 16.4. The van der Waals surface area contributed by atoms with Gasteiger partial charge in [-0.05, 0) is 6.92 Å². The van der Waals surface area contributed by atoms with Gasteiger partial charge in [-0.3, -0.25) is 14.4 Å². The summed E-state index contributed by atoms with van der Waals surface area (Å²) in [6, 6.07) is -0.728. The zero-order valence-corrected chi connectivity index (χ0v) is 8.82. The Morgan fingerprint density at radius 1 is 1.40 bits per heavy atom. The van der Waals surface area contributed by atoms with Crippen molar-refractivity contribution in [2.75, 3.05) is 6.54 Å². The van der Waals surface area contributed by atoms with Crippen molar-refractivity contribution in [3.8, 4) is 0 Å². The molecule has 0 spiro atoms. The number of nitrogens with two attached hydrogens (primary N) is 1. The second-order valence-corrected chi connectivity index (χ2v) is 3.41. The quantitative estimate of drug-likeness (QED) is 0.534. The molecule has 0 heterocycles. The fourth-order valence-corrected chi connectivity index (χ4v) is 0.995. The van der Waals surface area contributed by atoms with Crippen LogP contribution in [0.5, 0.6) is 0 Å². The summed E-state index contributed by atoms with van der Waals surface area (Å²) in [4.78, 5) is 32.6. The van der Waals surface area contributed by atoms with Gasteiger partial charge in [-0.2, -0.15) is 0 Å². The maximum atomic E-state index is 11.4. The van der Waals surface area contributed by atoms with Crippen LogP contribution in [0.25, 0.3) is 0 Å². The van der Waals surface area contributed by atoms with E-state index in [4.69, 9.17) is 10.8 Å². The summed E-state index contributed by atoms with van der Waals surface area (Å²) in [5.74, 6) is -2.43. The molecule has 15 heavy (non-hydrogen) atoms. The molecule has 1 amide bonds. The van der Waals surface area contributed by atoms with Crippen LogP contribution in [0.3, 0.4) is 0 Å². The molecule has 0 aromatic carbocycles. The zero-order chi connectivity index (χ0) is 12.0. The third-order valence-corrected chi connectivity index (χ3v) is 1.97. The van der Waals surface area contributed by atoms with Gasteiger partial charge >= 0.3 is 5.97 Å². The van der Waals surface area contributed by atoms with Gasteiger partial charge in [0.2, 0.25) is 5.91 Å². The highest BCUT2D eigenvalue weighted by molar-refractivity contribution is 5.89. The van der Waals surface area contributed by atoms with Gasteiger partial charge in [0.05, 0.1) is 12.5 Å². The molecule has 6 nitrogen and oxygen atoms in total. The lowest BCUT2D eigenvalue weighted by molar-refractivity contribution is -0.141. The topological polar surface area (TPSA) is 109 Å². The van der Waals surface area contributed by atoms with E-state index in [0.717, 1.165) is 0 Å². The highest BCUT2D eigenvalue weighted by Crippen LogP contribution is 2.02. The van der Waals surface area contributed by atoms with Gasteiger partial charge in [0, 0.05) is 12.5 Å². The zero-order valence-electron chi connectivity index (χ0n) is 8.82. The average Bonchev–Trinajstić information content (AvgIpc) is 2.11. The van der Waals surface area contributed by atoms with Gasteiger partial charge in [-0.1, -0.05) is 6.92 Å². The van der Waals surface area contributed by atoms with E-state index in [1.165, 1.54) is 13.8 Å². The van der Waals surface area contributed by atoms with Crippen molar-refractivity contribution in [3.63, 3.8) is 0 Å². The molecule has 0 bridgehead atoms. The molecule has 4 N–H and O–H groups in total. The Hall–Kier alpha value is -1.43. The molecule has 0 rings (SSSR count). The molecule has 0 aromatic rings. The minimum atomic E-state index is -1.05. The summed E-state index contributed by atoms with van der Waals surface area (Å²) < 4.78 is 0. The van der Waals surface area contributed by atoms with E-state index in [1.54, 1.807) is 0 Å². The number of Topliss-reactive ketones (excluding diaryl/α,β-unsaturated/α-hetero) is 1. The number of hydrogen-bond acceptors (Lipinski definition) is 4. The first kappa shape index (κ1) is 13.6. The van der Waals surface area contributed by atoms with E-state index >= 15 is 0 Å². The molecular formula is C9H16N2O4. The highest BCUT2D eigenvalue weighted by Gasteiger charge is 2.21. The number of ketones is 1. The molecular weight excluding hydrogens is 200 g/mol. The number of nitrogens with one attached hydrogen (secondary N) is 1. The van der Waals surface area contributed by atoms with Gasteiger partial charge in [0.25, 0.3) is 0 Å². The summed E-state index contributed by atoms with van der Waals surface area (Å²) >= 11 is 0. The Morgan fingerprint density at radius 2 is 1.93 bits per heavy atom. The van der Waals surface area contributed by atoms with Crippen molar-refractivity contribution in [3.05, 3.63) is 0 Å². The number of rotatable bonds is 6. The van der Waals surface area contributed by atoms with Crippen molar-refractivity contribution in [2.24, 2.45) is 11.7 Å². The number of carbonyl (C=O) groups is 3. The van der Waals surface area contributed by atoms with Crippen molar-refractivity contribution in [1.29, 1.82) is 0 Å². The monoisotopic (exact) mass is 216 g/mol. The molecule has 0 radical (unpaired) electrons. The number of carboxylic acids is 1. The van der Waals surface area contributed by atoms with E-state index < -0.39 is 23.8 Å². The molecule has 2 atom stereocenters. The van der Waals surface area contributed by atoms with E-state index in [1.807, 2.05) is 0 Å². The SMILES string of the molecule is CC(=O)[C@@H](CN)NC(=O)[C@H](C)CC(=O)O. The molecule has 6 heteroatoms. The third-order valence-electron chi connectivity index (χ3n) is 1.97. The number of hydrogen-bond donors (Lipinski definition) is 3. The van der Waals surface area contributed by atoms with Crippen molar-refractivity contribution < 1.29 is 19.5 Å². The van der Waals surface area contributed by atoms with E-state index in [0.29, 0.717) is 0 Å². The third kappa shape index (κ3) is 5.11. The Kier molecular flexibility index (Phi) is 5.54. The van der Waals surface area contributed by atoms with Crippen LogP contribution in [-0.4, -0.2) is 35.4 Å². The smallest absolute Gasteiger partial charge is 0.304 e. The van der Waals surface area contributed by atoms with Crippen molar-refractivity contribution >= 4 is 17.7 Å². The number of carboxylic acid groups (broad SMARTS) is 1. The fraction of sp³-hybridized carbons (Fsp3) is 0.667. The van der Waals surface area contributed by atoms with Crippen LogP contribution in [0.4, 0.5) is 0 Å². The lowest BCUT2D eigenvalue weighted by atomic mass is 10.1. The van der Waals surface area contributed by atoms with Gasteiger partial charge in [0.1, 0.15) is 0 Å². The second kappa shape index (κ2) is 6.13. The molecule has 0 aromatic heterocycles. The van der Waals surface area contributed by atoms with Crippen LogP contribution in [0, 0.1) is 5.92 Å². The normalized spacial score (nSPS) is 14.1. The van der Waals surface area contributed by atoms with E-state index in [2.05, 4.69) is 5.32 Å². The lowest BCUT2D eigenvalue weighted by Gasteiger charge is -2.16. The van der Waals surface area contributed by atoms with Crippen LogP contribution < -0.4 is 11.1 Å². The first-order chi connectivity index (χ1) is 6.88. The number of amides is 1. The van der Waals surface area contributed by atoms with Crippen LogP contribution in [-0.2, 0) is 14.4 Å². The minimum Gasteiger partial charge on any atom is -0.481 e.